The van der Waals surface area contributed by atoms with Gasteiger partial charge in [-0.15, -0.1) is 0 Å². The number of carbonyl (C=O) groups excluding carboxylic acids is 1. The molecule has 1 aromatic rings. The molecule has 1 aromatic carbocycles. The maximum absolute atomic E-state index is 12.4. The average molecular weight is 384 g/mol. The normalized spacial score (nSPS) is 18.0. The molecule has 0 spiro atoms. The second kappa shape index (κ2) is 6.23. The summed E-state index contributed by atoms with van der Waals surface area (Å²) in [4.78, 5) is 16.5. The molecule has 1 fully saturated rings. The van der Waals surface area contributed by atoms with E-state index in [4.69, 9.17) is 10.5 Å². The molecule has 128 valence electrons. The summed E-state index contributed by atoms with van der Waals surface area (Å²) >= 11 is 3.58. The van der Waals surface area contributed by atoms with Crippen LogP contribution in [-0.4, -0.2) is 41.8 Å². The lowest BCUT2D eigenvalue weighted by atomic mass is 9.98. The maximum Gasteiger partial charge on any atom is 0.410 e. The monoisotopic (exact) mass is 383 g/mol. The summed E-state index contributed by atoms with van der Waals surface area (Å²) in [5, 5.41) is 0. The SMILES string of the molecule is CC(C)(C)OC(=O)N1CCN(c2ccc(N)cc2Br)CC1(C)C. The van der Waals surface area contributed by atoms with Crippen LogP contribution in [0.2, 0.25) is 0 Å². The van der Waals surface area contributed by atoms with Crippen molar-refractivity contribution in [2.45, 2.75) is 45.8 Å². The van der Waals surface area contributed by atoms with Crippen LogP contribution < -0.4 is 10.6 Å². The molecule has 23 heavy (non-hydrogen) atoms. The fraction of sp³-hybridized carbons (Fsp3) is 0.588. The van der Waals surface area contributed by atoms with Crippen LogP contribution in [0.15, 0.2) is 22.7 Å². The van der Waals surface area contributed by atoms with E-state index >= 15 is 0 Å². The van der Waals surface area contributed by atoms with Gasteiger partial charge >= 0.3 is 6.09 Å². The first-order chi connectivity index (χ1) is 10.5. The predicted molar refractivity (Wildman–Crippen MR) is 97.8 cm³/mol. The number of hydrogen-bond donors (Lipinski definition) is 1. The second-order valence-corrected chi connectivity index (χ2v) is 8.43. The highest BCUT2D eigenvalue weighted by molar-refractivity contribution is 9.10. The number of carbonyl (C=O) groups is 1. The molecule has 0 radical (unpaired) electrons. The first-order valence-corrected chi connectivity index (χ1v) is 8.59. The lowest BCUT2D eigenvalue weighted by molar-refractivity contribution is 0.000371. The van der Waals surface area contributed by atoms with Gasteiger partial charge in [0.2, 0.25) is 0 Å². The molecule has 5 nitrogen and oxygen atoms in total. The van der Waals surface area contributed by atoms with Crippen molar-refractivity contribution in [1.82, 2.24) is 4.90 Å². The number of ether oxygens (including phenoxy) is 1. The van der Waals surface area contributed by atoms with Gasteiger partial charge in [-0.2, -0.15) is 0 Å². The topological polar surface area (TPSA) is 58.8 Å². The van der Waals surface area contributed by atoms with Crippen molar-refractivity contribution in [2.75, 3.05) is 30.3 Å². The van der Waals surface area contributed by atoms with Gasteiger partial charge < -0.3 is 15.4 Å². The molecule has 0 bridgehead atoms. The molecule has 1 heterocycles. The van der Waals surface area contributed by atoms with E-state index in [1.54, 1.807) is 0 Å². The molecular formula is C17H26BrN3O2. The van der Waals surface area contributed by atoms with Crippen molar-refractivity contribution >= 4 is 33.4 Å². The fourth-order valence-corrected chi connectivity index (χ4v) is 3.44. The van der Waals surface area contributed by atoms with Crippen molar-refractivity contribution in [3.8, 4) is 0 Å². The minimum Gasteiger partial charge on any atom is -0.444 e. The number of rotatable bonds is 1. The van der Waals surface area contributed by atoms with Crippen LogP contribution in [-0.2, 0) is 4.74 Å². The van der Waals surface area contributed by atoms with Crippen LogP contribution in [0.5, 0.6) is 0 Å². The number of anilines is 2. The van der Waals surface area contributed by atoms with E-state index in [1.165, 1.54) is 0 Å². The van der Waals surface area contributed by atoms with Gasteiger partial charge in [-0.25, -0.2) is 4.79 Å². The number of nitrogen functional groups attached to an aromatic ring is 1. The Balaban J connectivity index is 2.15. The third-order valence-corrected chi connectivity index (χ3v) is 4.46. The van der Waals surface area contributed by atoms with Gasteiger partial charge in [0.05, 0.1) is 11.2 Å². The molecule has 1 saturated heterocycles. The molecule has 1 aliphatic rings. The van der Waals surface area contributed by atoms with E-state index in [-0.39, 0.29) is 11.6 Å². The Labute approximate surface area is 146 Å². The molecule has 6 heteroatoms. The third-order valence-electron chi connectivity index (χ3n) is 3.83. The van der Waals surface area contributed by atoms with Gasteiger partial charge in [0.25, 0.3) is 0 Å². The van der Waals surface area contributed by atoms with Crippen LogP contribution in [0.4, 0.5) is 16.2 Å². The molecule has 0 atom stereocenters. The largest absolute Gasteiger partial charge is 0.444 e. The molecule has 0 saturated carbocycles. The molecule has 0 aromatic heterocycles. The lowest BCUT2D eigenvalue weighted by Gasteiger charge is -2.48. The number of halogens is 1. The fourth-order valence-electron chi connectivity index (χ4n) is 2.80. The first-order valence-electron chi connectivity index (χ1n) is 7.80. The van der Waals surface area contributed by atoms with E-state index in [2.05, 4.69) is 34.7 Å². The van der Waals surface area contributed by atoms with E-state index in [0.717, 1.165) is 28.9 Å². The van der Waals surface area contributed by atoms with Gasteiger partial charge in [-0.1, -0.05) is 0 Å². The zero-order chi connectivity index (χ0) is 17.4. The summed E-state index contributed by atoms with van der Waals surface area (Å²) in [6.45, 7) is 11.9. The van der Waals surface area contributed by atoms with E-state index in [0.29, 0.717) is 6.54 Å². The minimum absolute atomic E-state index is 0.251. The smallest absolute Gasteiger partial charge is 0.410 e. The van der Waals surface area contributed by atoms with Crippen LogP contribution in [0.25, 0.3) is 0 Å². The van der Waals surface area contributed by atoms with Crippen molar-refractivity contribution < 1.29 is 9.53 Å². The Morgan fingerprint density at radius 3 is 2.48 bits per heavy atom. The summed E-state index contributed by atoms with van der Waals surface area (Å²) in [6, 6.07) is 5.81. The highest BCUT2D eigenvalue weighted by Gasteiger charge is 2.39. The molecule has 0 aliphatic carbocycles. The van der Waals surface area contributed by atoms with Crippen LogP contribution in [0.3, 0.4) is 0 Å². The van der Waals surface area contributed by atoms with Gasteiger partial charge in [0.1, 0.15) is 5.60 Å². The van der Waals surface area contributed by atoms with Crippen molar-refractivity contribution in [1.29, 1.82) is 0 Å². The first kappa shape index (κ1) is 17.9. The quantitative estimate of drug-likeness (QED) is 0.747. The standard InChI is InChI=1S/C17H26BrN3O2/c1-16(2,3)23-15(22)21-9-8-20(11-17(21,4)5)14-7-6-12(19)10-13(14)18/h6-7,10H,8-9,11,19H2,1-5H3. The Bertz CT molecular complexity index is 596. The number of hydrogen-bond acceptors (Lipinski definition) is 4. The van der Waals surface area contributed by atoms with E-state index in [1.807, 2.05) is 43.9 Å². The Morgan fingerprint density at radius 2 is 1.96 bits per heavy atom. The van der Waals surface area contributed by atoms with E-state index < -0.39 is 5.60 Å². The second-order valence-electron chi connectivity index (χ2n) is 7.58. The van der Waals surface area contributed by atoms with E-state index in [9.17, 15) is 4.79 Å². The molecule has 1 aliphatic heterocycles. The molecule has 2 N–H and O–H groups in total. The van der Waals surface area contributed by atoms with Gasteiger partial charge in [-0.3, -0.25) is 4.90 Å². The summed E-state index contributed by atoms with van der Waals surface area (Å²) < 4.78 is 6.51. The zero-order valence-electron chi connectivity index (χ0n) is 14.5. The maximum atomic E-state index is 12.4. The summed E-state index contributed by atoms with van der Waals surface area (Å²) in [5.41, 5.74) is 6.84. The van der Waals surface area contributed by atoms with Gasteiger partial charge in [-0.05, 0) is 68.7 Å². The number of nitrogens with two attached hydrogens (primary N) is 1. The summed E-state index contributed by atoms with van der Waals surface area (Å²) in [7, 11) is 0. The highest BCUT2D eigenvalue weighted by atomic mass is 79.9. The van der Waals surface area contributed by atoms with Gasteiger partial charge in [0.15, 0.2) is 0 Å². The summed E-state index contributed by atoms with van der Waals surface area (Å²) in [5.74, 6) is 0. The zero-order valence-corrected chi connectivity index (χ0v) is 16.1. The lowest BCUT2D eigenvalue weighted by Crippen LogP contribution is -2.61. The molecule has 2 rings (SSSR count). The van der Waals surface area contributed by atoms with Crippen molar-refractivity contribution in [2.24, 2.45) is 0 Å². The minimum atomic E-state index is -0.482. The Morgan fingerprint density at radius 1 is 1.30 bits per heavy atom. The predicted octanol–water partition coefficient (Wildman–Crippen LogP) is 3.87. The van der Waals surface area contributed by atoms with Crippen molar-refractivity contribution in [3.63, 3.8) is 0 Å². The number of nitrogens with zero attached hydrogens (tertiary/aromatic N) is 2. The highest BCUT2D eigenvalue weighted by Crippen LogP contribution is 2.32. The number of piperazine rings is 1. The molecule has 0 unspecified atom stereocenters. The summed E-state index contributed by atoms with van der Waals surface area (Å²) in [6.07, 6.45) is -0.251. The Hall–Kier alpha value is -1.43. The van der Waals surface area contributed by atoms with Crippen LogP contribution >= 0.6 is 15.9 Å². The Kier molecular flexibility index (Phi) is 4.85. The van der Waals surface area contributed by atoms with Crippen molar-refractivity contribution in [3.05, 3.63) is 22.7 Å². The van der Waals surface area contributed by atoms with Crippen LogP contribution in [0.1, 0.15) is 34.6 Å². The number of amides is 1. The van der Waals surface area contributed by atoms with Gasteiger partial charge in [0, 0.05) is 29.8 Å². The number of benzene rings is 1. The average Bonchev–Trinajstić information content (AvgIpc) is 2.34. The molecule has 1 amide bonds. The van der Waals surface area contributed by atoms with Crippen LogP contribution in [0, 0.1) is 0 Å². The third kappa shape index (κ3) is 4.31. The molecular weight excluding hydrogens is 358 g/mol.